The van der Waals surface area contributed by atoms with Gasteiger partial charge in [0.1, 0.15) is 0 Å². The van der Waals surface area contributed by atoms with E-state index in [-0.39, 0.29) is 12.0 Å². The molecule has 3 N–H and O–H groups in total. The summed E-state index contributed by atoms with van der Waals surface area (Å²) >= 11 is 0. The Hall–Kier alpha value is -0.0800. The summed E-state index contributed by atoms with van der Waals surface area (Å²) in [6.45, 7) is 5.72. The molecule has 0 saturated carbocycles. The van der Waals surface area contributed by atoms with Crippen molar-refractivity contribution in [3.05, 3.63) is 6.92 Å². The maximum absolute atomic E-state index is 8.68. The van der Waals surface area contributed by atoms with Gasteiger partial charge >= 0.3 is 0 Å². The molecule has 0 aliphatic rings. The van der Waals surface area contributed by atoms with E-state index in [9.17, 15) is 0 Å². The van der Waals surface area contributed by atoms with Crippen LogP contribution in [0, 0.1) is 12.8 Å². The number of aliphatic hydroxyl groups is 1. The fourth-order valence-electron chi connectivity index (χ4n) is 0.197. The molecule has 0 aromatic rings. The van der Waals surface area contributed by atoms with Crippen molar-refractivity contribution in [2.45, 2.75) is 13.0 Å². The molecule has 0 amide bonds. The molecule has 1 radical (unpaired) electrons. The summed E-state index contributed by atoms with van der Waals surface area (Å²) in [7, 11) is 0. The average Bonchev–Trinajstić information content (AvgIpc) is 1.65. The van der Waals surface area contributed by atoms with Crippen LogP contribution >= 0.6 is 0 Å². The Labute approximate surface area is 44.3 Å². The van der Waals surface area contributed by atoms with Gasteiger partial charge in [-0.3, -0.25) is 0 Å². The summed E-state index contributed by atoms with van der Waals surface area (Å²) in [5, 5.41) is 8.68. The van der Waals surface area contributed by atoms with E-state index in [4.69, 9.17) is 10.8 Å². The van der Waals surface area contributed by atoms with Crippen molar-refractivity contribution in [2.75, 3.05) is 6.54 Å². The van der Waals surface area contributed by atoms with Gasteiger partial charge < -0.3 is 10.8 Å². The highest BCUT2D eigenvalue weighted by Crippen LogP contribution is 1.95. The van der Waals surface area contributed by atoms with Gasteiger partial charge in [-0.05, 0) is 26.3 Å². The van der Waals surface area contributed by atoms with Crippen molar-refractivity contribution in [3.63, 3.8) is 0 Å². The van der Waals surface area contributed by atoms with Crippen molar-refractivity contribution in [1.82, 2.24) is 0 Å². The van der Waals surface area contributed by atoms with Gasteiger partial charge in [0.2, 0.25) is 0 Å². The molecule has 2 heteroatoms. The van der Waals surface area contributed by atoms with E-state index in [0.29, 0.717) is 6.54 Å². The first-order valence-electron chi connectivity index (χ1n) is 2.39. The second-order valence-electron chi connectivity index (χ2n) is 1.74. The third-order valence-electron chi connectivity index (χ3n) is 0.985. The van der Waals surface area contributed by atoms with E-state index in [0.717, 1.165) is 0 Å². The Bertz CT molecular complexity index is 45.3. The standard InChI is InChI=1S/C5H12NO/c1-4(3-6)5(2)7/h4-5,7H,1,3,6H2,2H3. The summed E-state index contributed by atoms with van der Waals surface area (Å²) in [6, 6.07) is 0. The molecule has 0 spiro atoms. The molecule has 0 aromatic carbocycles. The zero-order chi connectivity index (χ0) is 5.86. The minimum absolute atomic E-state index is 0.0139. The predicted octanol–water partition coefficient (Wildman–Crippen LogP) is -0.224. The van der Waals surface area contributed by atoms with Crippen LogP contribution in [0.15, 0.2) is 0 Å². The monoisotopic (exact) mass is 102 g/mol. The molecule has 0 bridgehead atoms. The van der Waals surface area contributed by atoms with Crippen LogP contribution in [0.5, 0.6) is 0 Å². The fourth-order valence-corrected chi connectivity index (χ4v) is 0.197. The Morgan fingerprint density at radius 1 is 1.86 bits per heavy atom. The van der Waals surface area contributed by atoms with Crippen molar-refractivity contribution < 1.29 is 5.11 Å². The van der Waals surface area contributed by atoms with Crippen LogP contribution < -0.4 is 5.73 Å². The maximum Gasteiger partial charge on any atom is 0.0552 e. The molecule has 0 saturated heterocycles. The van der Waals surface area contributed by atoms with Crippen LogP contribution in [-0.2, 0) is 0 Å². The Morgan fingerprint density at radius 2 is 2.29 bits per heavy atom. The summed E-state index contributed by atoms with van der Waals surface area (Å²) in [5.41, 5.74) is 5.15. The minimum Gasteiger partial charge on any atom is -0.393 e. The molecular formula is C5H12NO. The molecule has 0 aliphatic carbocycles. The number of hydrogen-bond acceptors (Lipinski definition) is 2. The normalized spacial score (nSPS) is 18.9. The van der Waals surface area contributed by atoms with Gasteiger partial charge in [-0.15, -0.1) is 0 Å². The van der Waals surface area contributed by atoms with Crippen LogP contribution in [0.3, 0.4) is 0 Å². The quantitative estimate of drug-likeness (QED) is 0.506. The van der Waals surface area contributed by atoms with Gasteiger partial charge in [-0.1, -0.05) is 0 Å². The number of rotatable bonds is 2. The van der Waals surface area contributed by atoms with Crippen LogP contribution in [0.4, 0.5) is 0 Å². The highest BCUT2D eigenvalue weighted by molar-refractivity contribution is 4.66. The van der Waals surface area contributed by atoms with E-state index < -0.39 is 0 Å². The minimum atomic E-state index is -0.370. The molecule has 0 fully saturated rings. The van der Waals surface area contributed by atoms with Crippen molar-refractivity contribution in [3.8, 4) is 0 Å². The third-order valence-corrected chi connectivity index (χ3v) is 0.985. The number of nitrogens with two attached hydrogens (primary N) is 1. The molecule has 2 atom stereocenters. The molecule has 43 valence electrons. The Balaban J connectivity index is 3.14. The maximum atomic E-state index is 8.68. The van der Waals surface area contributed by atoms with Gasteiger partial charge in [0.05, 0.1) is 6.10 Å². The van der Waals surface area contributed by atoms with Crippen LogP contribution in [0.2, 0.25) is 0 Å². The van der Waals surface area contributed by atoms with E-state index in [2.05, 4.69) is 6.92 Å². The Morgan fingerprint density at radius 3 is 2.29 bits per heavy atom. The summed E-state index contributed by atoms with van der Waals surface area (Å²) in [6.07, 6.45) is -0.370. The second kappa shape index (κ2) is 2.99. The zero-order valence-electron chi connectivity index (χ0n) is 4.59. The van der Waals surface area contributed by atoms with E-state index >= 15 is 0 Å². The van der Waals surface area contributed by atoms with Crippen molar-refractivity contribution in [1.29, 1.82) is 0 Å². The average molecular weight is 102 g/mol. The third kappa shape index (κ3) is 2.60. The SMILES string of the molecule is [CH2]C(CN)C(C)O. The van der Waals surface area contributed by atoms with Gasteiger partial charge in [-0.25, -0.2) is 0 Å². The molecule has 2 unspecified atom stereocenters. The van der Waals surface area contributed by atoms with Gasteiger partial charge in [0.15, 0.2) is 0 Å². The molecule has 0 aromatic heterocycles. The lowest BCUT2D eigenvalue weighted by atomic mass is 10.1. The predicted molar refractivity (Wildman–Crippen MR) is 29.6 cm³/mol. The lowest BCUT2D eigenvalue weighted by molar-refractivity contribution is 0.151. The number of hydrogen-bond donors (Lipinski definition) is 2. The Kier molecular flexibility index (Phi) is 2.96. The molecule has 0 aliphatic heterocycles. The molecule has 0 heterocycles. The zero-order valence-corrected chi connectivity index (χ0v) is 4.59. The van der Waals surface area contributed by atoms with Gasteiger partial charge in [0, 0.05) is 0 Å². The first kappa shape index (κ1) is 6.92. The van der Waals surface area contributed by atoms with Crippen molar-refractivity contribution in [2.24, 2.45) is 11.7 Å². The van der Waals surface area contributed by atoms with Gasteiger partial charge in [0.25, 0.3) is 0 Å². The highest BCUT2D eigenvalue weighted by Gasteiger charge is 2.03. The van der Waals surface area contributed by atoms with Crippen molar-refractivity contribution >= 4 is 0 Å². The van der Waals surface area contributed by atoms with Gasteiger partial charge in [-0.2, -0.15) is 0 Å². The first-order valence-corrected chi connectivity index (χ1v) is 2.39. The van der Waals surface area contributed by atoms with E-state index in [1.165, 1.54) is 0 Å². The summed E-state index contributed by atoms with van der Waals surface area (Å²) in [5.74, 6) is -0.0139. The lowest BCUT2D eigenvalue weighted by Gasteiger charge is -2.09. The largest absolute Gasteiger partial charge is 0.393 e. The van der Waals surface area contributed by atoms with Crippen LogP contribution in [0.25, 0.3) is 0 Å². The fraction of sp³-hybridized carbons (Fsp3) is 0.800. The highest BCUT2D eigenvalue weighted by atomic mass is 16.3. The molecule has 0 rings (SSSR count). The lowest BCUT2D eigenvalue weighted by Crippen LogP contribution is -2.22. The molecular weight excluding hydrogens is 90.1 g/mol. The van der Waals surface area contributed by atoms with E-state index in [1.807, 2.05) is 0 Å². The van der Waals surface area contributed by atoms with E-state index in [1.54, 1.807) is 6.92 Å². The van der Waals surface area contributed by atoms with Crippen LogP contribution in [-0.4, -0.2) is 17.8 Å². The van der Waals surface area contributed by atoms with Crippen LogP contribution in [0.1, 0.15) is 6.92 Å². The summed E-state index contributed by atoms with van der Waals surface area (Å²) < 4.78 is 0. The molecule has 7 heavy (non-hydrogen) atoms. The second-order valence-corrected chi connectivity index (χ2v) is 1.74. The number of aliphatic hydroxyl groups excluding tert-OH is 1. The smallest absolute Gasteiger partial charge is 0.0552 e. The first-order chi connectivity index (χ1) is 3.18. The summed E-state index contributed by atoms with van der Waals surface area (Å²) in [4.78, 5) is 0. The molecule has 2 nitrogen and oxygen atoms in total. The topological polar surface area (TPSA) is 46.2 Å².